The molecule has 1 saturated heterocycles. The van der Waals surface area contributed by atoms with E-state index < -0.39 is 27.2 Å². The molecule has 5 rings (SSSR count). The monoisotopic (exact) mass is 478 g/mol. The molecular formula is C26H26N2O7. The van der Waals surface area contributed by atoms with Gasteiger partial charge in [0.15, 0.2) is 11.6 Å². The lowest BCUT2D eigenvalue weighted by Gasteiger charge is -2.53. The molecule has 1 aliphatic heterocycles. The zero-order valence-corrected chi connectivity index (χ0v) is 19.1. The van der Waals surface area contributed by atoms with Crippen LogP contribution in [0.15, 0.2) is 54.1 Å². The predicted octanol–water partition coefficient (Wildman–Crippen LogP) is 5.28. The third-order valence-corrected chi connectivity index (χ3v) is 7.85. The Kier molecular flexibility index (Phi) is 5.77. The van der Waals surface area contributed by atoms with Gasteiger partial charge in [0.2, 0.25) is 0 Å². The van der Waals surface area contributed by atoms with Gasteiger partial charge in [0.25, 0.3) is 11.4 Å². The van der Waals surface area contributed by atoms with Crippen LogP contribution in [-0.2, 0) is 9.53 Å². The fourth-order valence-corrected chi connectivity index (χ4v) is 6.02. The minimum Gasteiger partial charge on any atom is -0.365 e. The molecule has 35 heavy (non-hydrogen) atoms. The van der Waals surface area contributed by atoms with E-state index in [1.165, 1.54) is 24.3 Å². The van der Waals surface area contributed by atoms with Crippen LogP contribution in [0.25, 0.3) is 6.08 Å². The molecule has 3 aliphatic rings. The molecular weight excluding hydrogens is 452 g/mol. The van der Waals surface area contributed by atoms with E-state index in [0.29, 0.717) is 42.4 Å². The van der Waals surface area contributed by atoms with E-state index >= 15 is 0 Å². The van der Waals surface area contributed by atoms with Crippen molar-refractivity contribution in [1.29, 1.82) is 0 Å². The summed E-state index contributed by atoms with van der Waals surface area (Å²) >= 11 is 0. The van der Waals surface area contributed by atoms with Crippen molar-refractivity contribution in [2.75, 3.05) is 0 Å². The molecule has 0 amide bonds. The molecule has 9 heteroatoms. The number of ether oxygens (including phenoxy) is 1. The highest BCUT2D eigenvalue weighted by Gasteiger charge is 2.61. The van der Waals surface area contributed by atoms with Gasteiger partial charge in [-0.2, -0.15) is 0 Å². The van der Waals surface area contributed by atoms with Gasteiger partial charge in [0.05, 0.1) is 21.4 Å². The van der Waals surface area contributed by atoms with Crippen molar-refractivity contribution >= 4 is 23.2 Å². The molecule has 1 spiro atoms. The summed E-state index contributed by atoms with van der Waals surface area (Å²) in [5.74, 6) is -1.53. The molecule has 1 heterocycles. The Balaban J connectivity index is 1.52. The average molecular weight is 479 g/mol. The number of nitro groups is 2. The summed E-state index contributed by atoms with van der Waals surface area (Å²) < 4.78 is 6.38. The third kappa shape index (κ3) is 4.04. The number of nitrogens with zero attached hydrogens (tertiary/aromatic N) is 2. The summed E-state index contributed by atoms with van der Waals surface area (Å²) in [7, 11) is 0. The first kappa shape index (κ1) is 23.3. The fraction of sp³-hybridized carbons (Fsp3) is 0.423. The maximum Gasteiger partial charge on any atom is 0.269 e. The smallest absolute Gasteiger partial charge is 0.269 e. The van der Waals surface area contributed by atoms with Crippen LogP contribution in [0.5, 0.6) is 0 Å². The Hall–Kier alpha value is -3.43. The zero-order valence-electron chi connectivity index (χ0n) is 19.1. The summed E-state index contributed by atoms with van der Waals surface area (Å²) in [4.78, 5) is 35.1. The Morgan fingerprint density at radius 3 is 2.20 bits per heavy atom. The van der Waals surface area contributed by atoms with Crippen LogP contribution < -0.4 is 0 Å². The van der Waals surface area contributed by atoms with Crippen molar-refractivity contribution in [3.63, 3.8) is 0 Å². The Labute approximate surface area is 201 Å². The van der Waals surface area contributed by atoms with E-state index in [-0.39, 0.29) is 23.1 Å². The molecule has 2 aliphatic carbocycles. The minimum atomic E-state index is -1.32. The van der Waals surface area contributed by atoms with Crippen molar-refractivity contribution < 1.29 is 24.5 Å². The van der Waals surface area contributed by atoms with Crippen LogP contribution in [0.4, 0.5) is 11.4 Å². The summed E-state index contributed by atoms with van der Waals surface area (Å²) in [5.41, 5.74) is 1.01. The maximum absolute atomic E-state index is 14.0. The van der Waals surface area contributed by atoms with Crippen molar-refractivity contribution in [3.8, 4) is 0 Å². The molecule has 2 aromatic carbocycles. The van der Waals surface area contributed by atoms with Gasteiger partial charge in [0.1, 0.15) is 0 Å². The number of non-ortho nitro benzene ring substituents is 2. The molecule has 0 unspecified atom stereocenters. The Morgan fingerprint density at radius 1 is 0.943 bits per heavy atom. The highest BCUT2D eigenvalue weighted by molar-refractivity contribution is 6.06. The molecule has 4 atom stereocenters. The lowest BCUT2D eigenvalue weighted by molar-refractivity contribution is -0.385. The number of allylic oxidation sites excluding steroid dienone is 1. The average Bonchev–Trinajstić information content (AvgIpc) is 3.15. The van der Waals surface area contributed by atoms with Crippen LogP contribution in [0, 0.1) is 31.6 Å². The van der Waals surface area contributed by atoms with E-state index in [2.05, 4.69) is 0 Å². The number of ketones is 1. The normalized spacial score (nSPS) is 31.5. The molecule has 1 N–H and O–H groups in total. The SMILES string of the molecule is O=C1/C(=C/c2ccc([N+](=O)[O-])cc2)CC[C@]12C[C@@H]1CCCC[C@]1(O)O[C@H]2c1ccc([N+](=O)[O-])cc1. The molecule has 0 aromatic heterocycles. The summed E-state index contributed by atoms with van der Waals surface area (Å²) in [6.07, 6.45) is 5.68. The summed E-state index contributed by atoms with van der Waals surface area (Å²) in [6.45, 7) is 0. The quantitative estimate of drug-likeness (QED) is 0.359. The van der Waals surface area contributed by atoms with Gasteiger partial charge in [-0.15, -0.1) is 0 Å². The van der Waals surface area contributed by atoms with Gasteiger partial charge in [-0.3, -0.25) is 25.0 Å². The maximum atomic E-state index is 14.0. The number of hydrogen-bond acceptors (Lipinski definition) is 7. The molecule has 0 radical (unpaired) electrons. The van der Waals surface area contributed by atoms with E-state index in [1.807, 2.05) is 0 Å². The van der Waals surface area contributed by atoms with Crippen LogP contribution in [-0.4, -0.2) is 26.5 Å². The first-order valence-electron chi connectivity index (χ1n) is 11.9. The minimum absolute atomic E-state index is 0.0168. The fourth-order valence-electron chi connectivity index (χ4n) is 6.02. The second-order valence-electron chi connectivity index (χ2n) is 9.84. The van der Waals surface area contributed by atoms with Gasteiger partial charge in [-0.1, -0.05) is 6.42 Å². The molecule has 9 nitrogen and oxygen atoms in total. The number of nitro benzene ring substituents is 2. The Bertz CT molecular complexity index is 1210. The highest BCUT2D eigenvalue weighted by atomic mass is 16.6. The third-order valence-electron chi connectivity index (χ3n) is 7.85. The van der Waals surface area contributed by atoms with Gasteiger partial charge in [-0.05, 0) is 79.1 Å². The van der Waals surface area contributed by atoms with Gasteiger partial charge < -0.3 is 9.84 Å². The van der Waals surface area contributed by atoms with Gasteiger partial charge in [0, 0.05) is 36.6 Å². The van der Waals surface area contributed by atoms with E-state index in [1.54, 1.807) is 30.3 Å². The number of hydrogen-bond donors (Lipinski definition) is 1. The first-order valence-corrected chi connectivity index (χ1v) is 11.9. The number of benzene rings is 2. The largest absolute Gasteiger partial charge is 0.365 e. The molecule has 0 bridgehead atoms. The standard InChI is InChI=1S/C26H26N2O7/c29-23-19(15-17-4-8-21(9-5-17)27(31)32)12-14-25(23)16-20-3-1-2-13-26(20,30)35-24(25)18-6-10-22(11-7-18)28(33)34/h4-11,15,20,24,30H,1-3,12-14,16H2/b19-15+/t20-,24-,25-,26-/m0/s1. The number of rotatable bonds is 4. The molecule has 3 fully saturated rings. The molecule has 2 aromatic rings. The highest BCUT2D eigenvalue weighted by Crippen LogP contribution is 2.61. The number of fused-ring (bicyclic) bond motifs is 1. The van der Waals surface area contributed by atoms with Gasteiger partial charge in [-0.25, -0.2) is 0 Å². The first-order chi connectivity index (χ1) is 16.7. The number of carbonyl (C=O) groups excluding carboxylic acids is 1. The van der Waals surface area contributed by atoms with Crippen molar-refractivity contribution in [2.24, 2.45) is 11.3 Å². The van der Waals surface area contributed by atoms with Crippen molar-refractivity contribution in [2.45, 2.75) is 56.8 Å². The lowest BCUT2D eigenvalue weighted by Crippen LogP contribution is -2.55. The second-order valence-corrected chi connectivity index (χ2v) is 9.84. The summed E-state index contributed by atoms with van der Waals surface area (Å²) in [5, 5.41) is 33.4. The van der Waals surface area contributed by atoms with E-state index in [9.17, 15) is 30.1 Å². The van der Waals surface area contributed by atoms with Crippen LogP contribution in [0.2, 0.25) is 0 Å². The van der Waals surface area contributed by atoms with Gasteiger partial charge >= 0.3 is 0 Å². The summed E-state index contributed by atoms with van der Waals surface area (Å²) in [6, 6.07) is 12.1. The van der Waals surface area contributed by atoms with E-state index in [4.69, 9.17) is 4.74 Å². The van der Waals surface area contributed by atoms with Crippen LogP contribution >= 0.6 is 0 Å². The lowest BCUT2D eigenvalue weighted by atomic mass is 9.63. The number of carbonyl (C=O) groups is 1. The van der Waals surface area contributed by atoms with Crippen LogP contribution in [0.1, 0.15) is 62.2 Å². The number of Topliss-reactive ketones (excluding diaryl/α,β-unsaturated/α-hetero) is 1. The van der Waals surface area contributed by atoms with Crippen molar-refractivity contribution in [3.05, 3.63) is 85.5 Å². The van der Waals surface area contributed by atoms with Crippen LogP contribution in [0.3, 0.4) is 0 Å². The molecule has 2 saturated carbocycles. The Morgan fingerprint density at radius 2 is 1.57 bits per heavy atom. The van der Waals surface area contributed by atoms with Crippen molar-refractivity contribution in [1.82, 2.24) is 0 Å². The number of aliphatic hydroxyl groups is 1. The molecule has 182 valence electrons. The topological polar surface area (TPSA) is 133 Å². The van der Waals surface area contributed by atoms with E-state index in [0.717, 1.165) is 19.3 Å². The second kappa shape index (κ2) is 8.66. The predicted molar refractivity (Wildman–Crippen MR) is 126 cm³/mol. The zero-order chi connectivity index (χ0) is 24.8.